The van der Waals surface area contributed by atoms with Crippen molar-refractivity contribution in [3.63, 3.8) is 0 Å². The van der Waals surface area contributed by atoms with Crippen LogP contribution in [0.1, 0.15) is 5.69 Å². The Hall–Kier alpha value is -0.630. The number of methoxy groups -OCH3 is 1. The second kappa shape index (κ2) is 4.74. The molecule has 78 valence electrons. The summed E-state index contributed by atoms with van der Waals surface area (Å²) in [6.07, 6.45) is 0. The molecule has 0 saturated carbocycles. The molecule has 0 spiro atoms. The summed E-state index contributed by atoms with van der Waals surface area (Å²) in [5.41, 5.74) is 6.57. The van der Waals surface area contributed by atoms with Crippen LogP contribution in [-0.4, -0.2) is 31.2 Å². The maximum Gasteiger partial charge on any atom is 0.227 e. The van der Waals surface area contributed by atoms with Crippen LogP contribution in [0.15, 0.2) is 0 Å². The van der Waals surface area contributed by atoms with Gasteiger partial charge in [0.25, 0.3) is 0 Å². The van der Waals surface area contributed by atoms with E-state index in [-0.39, 0.29) is 0 Å². The fourth-order valence-electron chi connectivity index (χ4n) is 0.932. The molecule has 0 bridgehead atoms. The Kier molecular flexibility index (Phi) is 3.87. The average Bonchev–Trinajstić information content (AvgIpc) is 2.12. The molecule has 0 aliphatic carbocycles. The molecule has 1 rings (SSSR count). The maximum atomic E-state index is 5.75. The van der Waals surface area contributed by atoms with E-state index in [2.05, 4.69) is 32.6 Å². The van der Waals surface area contributed by atoms with Crippen molar-refractivity contribution >= 4 is 34.4 Å². The summed E-state index contributed by atoms with van der Waals surface area (Å²) in [4.78, 5) is 10.3. The Morgan fingerprint density at radius 3 is 2.57 bits per heavy atom. The Labute approximate surface area is 96.8 Å². The first kappa shape index (κ1) is 11.4. The predicted molar refractivity (Wildman–Crippen MR) is 64.2 cm³/mol. The van der Waals surface area contributed by atoms with Crippen LogP contribution in [0.4, 0.5) is 11.8 Å². The predicted octanol–water partition coefficient (Wildman–Crippen LogP) is 0.876. The highest BCUT2D eigenvalue weighted by atomic mass is 127. The highest BCUT2D eigenvalue weighted by Crippen LogP contribution is 2.19. The Bertz CT molecular complexity index is 329. The molecule has 0 aromatic carbocycles. The van der Waals surface area contributed by atoms with Crippen LogP contribution in [0.5, 0.6) is 0 Å². The number of anilines is 2. The van der Waals surface area contributed by atoms with E-state index in [4.69, 9.17) is 10.5 Å². The monoisotopic (exact) mass is 308 g/mol. The van der Waals surface area contributed by atoms with Crippen LogP contribution in [0, 0.1) is 3.57 Å². The zero-order chi connectivity index (χ0) is 10.7. The van der Waals surface area contributed by atoms with Crippen LogP contribution < -0.4 is 10.6 Å². The molecule has 14 heavy (non-hydrogen) atoms. The van der Waals surface area contributed by atoms with Crippen LogP contribution in [-0.2, 0) is 11.3 Å². The number of nitrogens with two attached hydrogens (primary N) is 1. The van der Waals surface area contributed by atoms with Crippen LogP contribution >= 0.6 is 22.6 Å². The second-order valence-electron chi connectivity index (χ2n) is 3.00. The molecule has 0 unspecified atom stereocenters. The maximum absolute atomic E-state index is 5.75. The van der Waals surface area contributed by atoms with E-state index in [1.54, 1.807) is 7.11 Å². The van der Waals surface area contributed by atoms with Crippen molar-refractivity contribution in [2.24, 2.45) is 0 Å². The quantitative estimate of drug-likeness (QED) is 0.840. The van der Waals surface area contributed by atoms with Crippen LogP contribution in [0.3, 0.4) is 0 Å². The number of ether oxygens (including phenoxy) is 1. The van der Waals surface area contributed by atoms with Crippen molar-refractivity contribution in [1.29, 1.82) is 0 Å². The zero-order valence-corrected chi connectivity index (χ0v) is 10.6. The lowest BCUT2D eigenvalue weighted by molar-refractivity contribution is 0.181. The van der Waals surface area contributed by atoms with Crippen LogP contribution in [0.2, 0.25) is 0 Å². The number of hydrogen-bond donors (Lipinski definition) is 1. The smallest absolute Gasteiger partial charge is 0.227 e. The molecule has 0 atom stereocenters. The highest BCUT2D eigenvalue weighted by Gasteiger charge is 2.10. The fraction of sp³-hybridized carbons (Fsp3) is 0.500. The SMILES string of the molecule is COCc1nc(N(C)C)nc(N)c1I. The summed E-state index contributed by atoms with van der Waals surface area (Å²) in [5.74, 6) is 1.10. The summed E-state index contributed by atoms with van der Waals surface area (Å²) in [6, 6.07) is 0. The van der Waals surface area contributed by atoms with E-state index in [0.717, 1.165) is 9.26 Å². The third-order valence-electron chi connectivity index (χ3n) is 1.61. The van der Waals surface area contributed by atoms with Gasteiger partial charge in [0.05, 0.1) is 15.9 Å². The van der Waals surface area contributed by atoms with Crippen molar-refractivity contribution in [2.75, 3.05) is 31.8 Å². The molecule has 0 fully saturated rings. The third kappa shape index (κ3) is 2.44. The molecular formula is C8H13IN4O. The van der Waals surface area contributed by atoms with E-state index in [1.807, 2.05) is 19.0 Å². The minimum absolute atomic E-state index is 0.450. The van der Waals surface area contributed by atoms with Gasteiger partial charge in [-0.3, -0.25) is 0 Å². The molecule has 1 aromatic rings. The first-order chi connectivity index (χ1) is 6.56. The lowest BCUT2D eigenvalue weighted by Crippen LogP contribution is -2.16. The van der Waals surface area contributed by atoms with Crippen molar-refractivity contribution in [2.45, 2.75) is 6.61 Å². The lowest BCUT2D eigenvalue weighted by Gasteiger charge is -2.13. The van der Waals surface area contributed by atoms with E-state index < -0.39 is 0 Å². The van der Waals surface area contributed by atoms with Crippen molar-refractivity contribution in [3.05, 3.63) is 9.26 Å². The largest absolute Gasteiger partial charge is 0.383 e. The lowest BCUT2D eigenvalue weighted by atomic mass is 10.4. The molecule has 1 aromatic heterocycles. The van der Waals surface area contributed by atoms with Crippen molar-refractivity contribution in [1.82, 2.24) is 9.97 Å². The summed E-state index contributed by atoms with van der Waals surface area (Å²) in [5, 5.41) is 0. The van der Waals surface area contributed by atoms with Gasteiger partial charge in [0.1, 0.15) is 5.82 Å². The molecule has 0 amide bonds. The molecule has 5 nitrogen and oxygen atoms in total. The second-order valence-corrected chi connectivity index (χ2v) is 4.08. The molecule has 0 aliphatic heterocycles. The molecule has 0 radical (unpaired) electrons. The summed E-state index contributed by atoms with van der Waals surface area (Å²) in [6.45, 7) is 0.450. The Morgan fingerprint density at radius 1 is 1.43 bits per heavy atom. The minimum atomic E-state index is 0.450. The van der Waals surface area contributed by atoms with Gasteiger partial charge >= 0.3 is 0 Å². The van der Waals surface area contributed by atoms with E-state index >= 15 is 0 Å². The van der Waals surface area contributed by atoms with Gasteiger partial charge in [-0.2, -0.15) is 4.98 Å². The van der Waals surface area contributed by atoms with Gasteiger partial charge in [0.15, 0.2) is 0 Å². The first-order valence-electron chi connectivity index (χ1n) is 4.04. The summed E-state index contributed by atoms with van der Waals surface area (Å²) >= 11 is 2.12. The molecular weight excluding hydrogens is 295 g/mol. The molecule has 1 heterocycles. The van der Waals surface area contributed by atoms with Gasteiger partial charge < -0.3 is 15.4 Å². The number of halogens is 1. The summed E-state index contributed by atoms with van der Waals surface area (Å²) < 4.78 is 5.89. The van der Waals surface area contributed by atoms with Gasteiger partial charge in [-0.25, -0.2) is 4.98 Å². The van der Waals surface area contributed by atoms with E-state index in [1.165, 1.54) is 0 Å². The van der Waals surface area contributed by atoms with Gasteiger partial charge in [-0.1, -0.05) is 0 Å². The van der Waals surface area contributed by atoms with Gasteiger partial charge in [-0.05, 0) is 22.6 Å². The molecule has 2 N–H and O–H groups in total. The summed E-state index contributed by atoms with van der Waals surface area (Å²) in [7, 11) is 5.38. The van der Waals surface area contributed by atoms with Gasteiger partial charge in [-0.15, -0.1) is 0 Å². The number of hydrogen-bond acceptors (Lipinski definition) is 5. The highest BCUT2D eigenvalue weighted by molar-refractivity contribution is 14.1. The van der Waals surface area contributed by atoms with Crippen LogP contribution in [0.25, 0.3) is 0 Å². The molecule has 0 aliphatic rings. The molecule has 0 saturated heterocycles. The Morgan fingerprint density at radius 2 is 2.07 bits per heavy atom. The van der Waals surface area contributed by atoms with Gasteiger partial charge in [0.2, 0.25) is 5.95 Å². The first-order valence-corrected chi connectivity index (χ1v) is 5.12. The molecule has 6 heteroatoms. The minimum Gasteiger partial charge on any atom is -0.383 e. The third-order valence-corrected chi connectivity index (χ3v) is 2.79. The number of aromatic nitrogens is 2. The fourth-order valence-corrected chi connectivity index (χ4v) is 1.33. The topological polar surface area (TPSA) is 64.3 Å². The number of nitrogen functional groups attached to an aromatic ring is 1. The number of rotatable bonds is 3. The zero-order valence-electron chi connectivity index (χ0n) is 8.41. The Balaban J connectivity index is 3.14. The van der Waals surface area contributed by atoms with Gasteiger partial charge in [0, 0.05) is 21.2 Å². The normalized spacial score (nSPS) is 10.3. The average molecular weight is 308 g/mol. The van der Waals surface area contributed by atoms with E-state index in [0.29, 0.717) is 18.4 Å². The van der Waals surface area contributed by atoms with Crippen molar-refractivity contribution in [3.8, 4) is 0 Å². The van der Waals surface area contributed by atoms with E-state index in [9.17, 15) is 0 Å². The standard InChI is InChI=1S/C8H13IN4O/c1-13(2)8-11-5(4-14-3)6(9)7(10)12-8/h4H2,1-3H3,(H2,10,11,12). The number of nitrogens with zero attached hydrogens (tertiary/aromatic N) is 3. The van der Waals surface area contributed by atoms with Crippen molar-refractivity contribution < 1.29 is 4.74 Å².